The third kappa shape index (κ3) is 3.09. The summed E-state index contributed by atoms with van der Waals surface area (Å²) >= 11 is 0. The van der Waals surface area contributed by atoms with Crippen LogP contribution in [0.3, 0.4) is 0 Å². The summed E-state index contributed by atoms with van der Waals surface area (Å²) in [5.41, 5.74) is 1.88. The highest BCUT2D eigenvalue weighted by atomic mass is 16.4. The number of hydrogen-bond acceptors (Lipinski definition) is 2. The van der Waals surface area contributed by atoms with Crippen LogP contribution in [0.1, 0.15) is 26.7 Å². The second-order valence-electron chi connectivity index (χ2n) is 4.13. The monoisotopic (exact) mass is 217 g/mol. The van der Waals surface area contributed by atoms with Gasteiger partial charge in [-0.1, -0.05) is 26.0 Å². The highest BCUT2D eigenvalue weighted by molar-refractivity contribution is 5.92. The summed E-state index contributed by atoms with van der Waals surface area (Å²) in [5.74, 6) is -0.692. The number of hydrogen-bond donors (Lipinski definition) is 1. The number of nitrogens with zero attached hydrogens (tertiary/aromatic N) is 1. The third-order valence-corrected chi connectivity index (χ3v) is 2.37. The molecule has 0 saturated heterocycles. The molecular weight excluding hydrogens is 202 g/mol. The molecule has 0 aromatic heterocycles. The van der Waals surface area contributed by atoms with E-state index >= 15 is 0 Å². The van der Waals surface area contributed by atoms with Gasteiger partial charge in [0, 0.05) is 5.57 Å². The second-order valence-corrected chi connectivity index (χ2v) is 4.13. The van der Waals surface area contributed by atoms with E-state index in [2.05, 4.69) is 6.07 Å². The Bertz CT molecular complexity index is 420. The van der Waals surface area contributed by atoms with Crippen molar-refractivity contribution in [3.05, 3.63) is 34.9 Å². The SMILES string of the molecule is CC(C)C=C(C(=O)O)C1=CC=C(C#N)CC1. The standard InChI is InChI=1S/C13H15NO2/c1-9(2)7-12(13(15)16)11-5-3-10(8-14)4-6-11/h3,5,7,9H,4,6H2,1-2H3,(H,15,16). The smallest absolute Gasteiger partial charge is 0.335 e. The van der Waals surface area contributed by atoms with Gasteiger partial charge in [-0.25, -0.2) is 4.79 Å². The van der Waals surface area contributed by atoms with Crippen molar-refractivity contribution in [3.63, 3.8) is 0 Å². The largest absolute Gasteiger partial charge is 0.478 e. The zero-order chi connectivity index (χ0) is 12.1. The van der Waals surface area contributed by atoms with Gasteiger partial charge in [0.2, 0.25) is 0 Å². The fraction of sp³-hybridized carbons (Fsp3) is 0.385. The summed E-state index contributed by atoms with van der Waals surface area (Å²) in [4.78, 5) is 11.1. The molecule has 0 saturated carbocycles. The van der Waals surface area contributed by atoms with E-state index in [1.165, 1.54) is 0 Å². The zero-order valence-corrected chi connectivity index (χ0v) is 9.53. The van der Waals surface area contributed by atoms with Gasteiger partial charge in [0.25, 0.3) is 0 Å². The summed E-state index contributed by atoms with van der Waals surface area (Å²) in [6.07, 6.45) is 6.45. The minimum Gasteiger partial charge on any atom is -0.478 e. The third-order valence-electron chi connectivity index (χ3n) is 2.37. The lowest BCUT2D eigenvalue weighted by molar-refractivity contribution is -0.132. The molecule has 3 heteroatoms. The van der Waals surface area contributed by atoms with Crippen molar-refractivity contribution in [1.29, 1.82) is 5.26 Å². The van der Waals surface area contributed by atoms with Crippen LogP contribution < -0.4 is 0 Å². The van der Waals surface area contributed by atoms with E-state index in [0.717, 1.165) is 5.57 Å². The van der Waals surface area contributed by atoms with Crippen LogP contribution in [-0.2, 0) is 4.79 Å². The topological polar surface area (TPSA) is 61.1 Å². The highest BCUT2D eigenvalue weighted by Gasteiger charge is 2.16. The molecule has 0 atom stereocenters. The fourth-order valence-electron chi connectivity index (χ4n) is 1.60. The maximum absolute atomic E-state index is 11.1. The lowest BCUT2D eigenvalue weighted by Crippen LogP contribution is -2.07. The Morgan fingerprint density at radius 1 is 1.50 bits per heavy atom. The number of carbonyl (C=O) groups is 1. The molecule has 0 aromatic carbocycles. The molecular formula is C13H15NO2. The van der Waals surface area contributed by atoms with Gasteiger partial charge in [0.05, 0.1) is 11.6 Å². The summed E-state index contributed by atoms with van der Waals surface area (Å²) in [6, 6.07) is 2.08. The molecule has 3 nitrogen and oxygen atoms in total. The molecule has 0 aromatic rings. The Morgan fingerprint density at radius 3 is 2.56 bits per heavy atom. The normalized spacial score (nSPS) is 16.5. The Balaban J connectivity index is 3.00. The van der Waals surface area contributed by atoms with Gasteiger partial charge in [0.1, 0.15) is 0 Å². The zero-order valence-electron chi connectivity index (χ0n) is 9.53. The first-order chi connectivity index (χ1) is 7.54. The van der Waals surface area contributed by atoms with Crippen molar-refractivity contribution in [3.8, 4) is 6.07 Å². The van der Waals surface area contributed by atoms with Crippen molar-refractivity contribution < 1.29 is 9.90 Å². The Hall–Kier alpha value is -1.82. The number of allylic oxidation sites excluding steroid dienone is 4. The van der Waals surface area contributed by atoms with Crippen LogP contribution in [-0.4, -0.2) is 11.1 Å². The Labute approximate surface area is 95.4 Å². The van der Waals surface area contributed by atoms with E-state index < -0.39 is 5.97 Å². The summed E-state index contributed by atoms with van der Waals surface area (Å²) in [7, 11) is 0. The molecule has 1 aliphatic rings. The van der Waals surface area contributed by atoms with Crippen LogP contribution in [0.25, 0.3) is 0 Å². The molecule has 0 spiro atoms. The van der Waals surface area contributed by atoms with E-state index in [-0.39, 0.29) is 5.92 Å². The van der Waals surface area contributed by atoms with E-state index in [1.807, 2.05) is 13.8 Å². The molecule has 1 aliphatic carbocycles. The average molecular weight is 217 g/mol. The summed E-state index contributed by atoms with van der Waals surface area (Å²) in [6.45, 7) is 3.89. The molecule has 0 heterocycles. The van der Waals surface area contributed by atoms with Gasteiger partial charge < -0.3 is 5.11 Å². The van der Waals surface area contributed by atoms with E-state index in [0.29, 0.717) is 24.0 Å². The first-order valence-electron chi connectivity index (χ1n) is 5.30. The van der Waals surface area contributed by atoms with Crippen LogP contribution in [0.2, 0.25) is 0 Å². The second kappa shape index (κ2) is 5.32. The molecule has 0 bridgehead atoms. The number of aliphatic carboxylic acids is 1. The van der Waals surface area contributed by atoms with Gasteiger partial charge >= 0.3 is 5.97 Å². The lowest BCUT2D eigenvalue weighted by atomic mass is 9.92. The van der Waals surface area contributed by atoms with Crippen LogP contribution in [0.15, 0.2) is 34.9 Å². The lowest BCUT2D eigenvalue weighted by Gasteiger charge is -2.12. The van der Waals surface area contributed by atoms with Gasteiger partial charge in [-0.15, -0.1) is 0 Å². The first-order valence-corrected chi connectivity index (χ1v) is 5.30. The number of carboxylic acid groups (broad SMARTS) is 1. The number of rotatable bonds is 3. The van der Waals surface area contributed by atoms with Crippen molar-refractivity contribution >= 4 is 5.97 Å². The van der Waals surface area contributed by atoms with E-state index in [1.54, 1.807) is 18.2 Å². The van der Waals surface area contributed by atoms with Gasteiger partial charge in [-0.3, -0.25) is 0 Å². The molecule has 1 rings (SSSR count). The van der Waals surface area contributed by atoms with Crippen molar-refractivity contribution in [1.82, 2.24) is 0 Å². The van der Waals surface area contributed by atoms with Crippen LogP contribution in [0, 0.1) is 17.2 Å². The molecule has 84 valence electrons. The van der Waals surface area contributed by atoms with E-state index in [4.69, 9.17) is 10.4 Å². The maximum Gasteiger partial charge on any atom is 0.335 e. The average Bonchev–Trinajstić information content (AvgIpc) is 2.25. The van der Waals surface area contributed by atoms with Crippen molar-refractivity contribution in [2.75, 3.05) is 0 Å². The molecule has 0 unspecified atom stereocenters. The summed E-state index contributed by atoms with van der Waals surface area (Å²) < 4.78 is 0. The van der Waals surface area contributed by atoms with Crippen molar-refractivity contribution in [2.24, 2.45) is 5.92 Å². The molecule has 0 fully saturated rings. The van der Waals surface area contributed by atoms with Crippen molar-refractivity contribution in [2.45, 2.75) is 26.7 Å². The predicted octanol–water partition coefficient (Wildman–Crippen LogP) is 2.82. The maximum atomic E-state index is 11.1. The van der Waals surface area contributed by atoms with Crippen LogP contribution >= 0.6 is 0 Å². The summed E-state index contributed by atoms with van der Waals surface area (Å²) in [5, 5.41) is 17.8. The Morgan fingerprint density at radius 2 is 2.19 bits per heavy atom. The minimum atomic E-state index is -0.895. The predicted molar refractivity (Wildman–Crippen MR) is 61.6 cm³/mol. The Kier molecular flexibility index (Phi) is 4.07. The fourth-order valence-corrected chi connectivity index (χ4v) is 1.60. The van der Waals surface area contributed by atoms with E-state index in [9.17, 15) is 4.79 Å². The van der Waals surface area contributed by atoms with Gasteiger partial charge in [0.15, 0.2) is 0 Å². The first kappa shape index (κ1) is 12.3. The molecule has 1 N–H and O–H groups in total. The minimum absolute atomic E-state index is 0.202. The quantitative estimate of drug-likeness (QED) is 0.739. The molecule has 0 radical (unpaired) electrons. The highest BCUT2D eigenvalue weighted by Crippen LogP contribution is 2.25. The molecule has 0 aliphatic heterocycles. The number of nitriles is 1. The van der Waals surface area contributed by atoms with Crippen LogP contribution in [0.5, 0.6) is 0 Å². The molecule has 16 heavy (non-hydrogen) atoms. The van der Waals surface area contributed by atoms with Crippen LogP contribution in [0.4, 0.5) is 0 Å². The molecule has 0 amide bonds. The van der Waals surface area contributed by atoms with Gasteiger partial charge in [-0.2, -0.15) is 5.26 Å². The van der Waals surface area contributed by atoms with Gasteiger partial charge in [-0.05, 0) is 30.4 Å². The number of carboxylic acids is 1.